The Labute approximate surface area is 202 Å². The van der Waals surface area contributed by atoms with E-state index in [0.717, 1.165) is 42.4 Å². The number of benzene rings is 2. The number of hydrogen-bond donors (Lipinski definition) is 3. The third-order valence-corrected chi connectivity index (χ3v) is 7.65. The normalized spacial score (nSPS) is 21.5. The van der Waals surface area contributed by atoms with Crippen LogP contribution in [0.2, 0.25) is 5.02 Å². The SMILES string of the molecule is C[C@]1(CSc2ccccc2C(=O)NC2CCN(Cc3ccc(Cl)cc3)CC2)NC(=O)NC1=O. The van der Waals surface area contributed by atoms with Crippen molar-refractivity contribution in [3.05, 3.63) is 64.7 Å². The summed E-state index contributed by atoms with van der Waals surface area (Å²) in [6, 6.07) is 14.9. The second-order valence-electron chi connectivity index (χ2n) is 8.68. The predicted molar refractivity (Wildman–Crippen MR) is 129 cm³/mol. The van der Waals surface area contributed by atoms with E-state index in [-0.39, 0.29) is 17.9 Å². The molecular formula is C24H27ClN4O3S. The lowest BCUT2D eigenvalue weighted by Crippen LogP contribution is -2.46. The number of likely N-dealkylation sites (tertiary alicyclic amines) is 1. The zero-order chi connectivity index (χ0) is 23.4. The topological polar surface area (TPSA) is 90.5 Å². The van der Waals surface area contributed by atoms with E-state index in [4.69, 9.17) is 11.6 Å². The van der Waals surface area contributed by atoms with Gasteiger partial charge in [-0.25, -0.2) is 4.79 Å². The molecule has 3 N–H and O–H groups in total. The molecule has 2 aliphatic rings. The monoisotopic (exact) mass is 486 g/mol. The molecule has 0 aliphatic carbocycles. The summed E-state index contributed by atoms with van der Waals surface area (Å²) in [4.78, 5) is 39.8. The van der Waals surface area contributed by atoms with E-state index in [1.165, 1.54) is 17.3 Å². The molecule has 0 saturated carbocycles. The van der Waals surface area contributed by atoms with Crippen LogP contribution >= 0.6 is 23.4 Å². The van der Waals surface area contributed by atoms with E-state index in [1.807, 2.05) is 42.5 Å². The van der Waals surface area contributed by atoms with Crippen molar-refractivity contribution in [2.24, 2.45) is 0 Å². The Morgan fingerprint density at radius 2 is 1.85 bits per heavy atom. The zero-order valence-electron chi connectivity index (χ0n) is 18.4. The Morgan fingerprint density at radius 1 is 1.15 bits per heavy atom. The molecule has 9 heteroatoms. The molecule has 2 aliphatic heterocycles. The summed E-state index contributed by atoms with van der Waals surface area (Å²) in [5, 5.41) is 8.84. The van der Waals surface area contributed by atoms with E-state index in [9.17, 15) is 14.4 Å². The molecule has 0 bridgehead atoms. The van der Waals surface area contributed by atoms with Crippen LogP contribution in [-0.2, 0) is 11.3 Å². The van der Waals surface area contributed by atoms with Crippen LogP contribution in [0, 0.1) is 0 Å². The summed E-state index contributed by atoms with van der Waals surface area (Å²) >= 11 is 7.35. The molecule has 4 amide bonds. The van der Waals surface area contributed by atoms with Crippen LogP contribution in [0.1, 0.15) is 35.7 Å². The Bertz CT molecular complexity index is 1040. The van der Waals surface area contributed by atoms with E-state index >= 15 is 0 Å². The number of piperidine rings is 1. The molecule has 0 radical (unpaired) electrons. The lowest BCUT2D eigenvalue weighted by Gasteiger charge is -2.32. The van der Waals surface area contributed by atoms with Crippen molar-refractivity contribution in [2.45, 2.75) is 42.8 Å². The molecule has 0 spiro atoms. The minimum absolute atomic E-state index is 0.112. The first-order valence-electron chi connectivity index (χ1n) is 11.0. The van der Waals surface area contributed by atoms with Gasteiger partial charge in [-0.2, -0.15) is 0 Å². The van der Waals surface area contributed by atoms with Gasteiger partial charge in [0.25, 0.3) is 11.8 Å². The molecule has 2 heterocycles. The fourth-order valence-electron chi connectivity index (χ4n) is 4.03. The van der Waals surface area contributed by atoms with Gasteiger partial charge in [-0.05, 0) is 49.6 Å². The summed E-state index contributed by atoms with van der Waals surface area (Å²) in [5.41, 5.74) is 0.815. The molecule has 1 atom stereocenters. The number of rotatable bonds is 7. The molecule has 2 fully saturated rings. The van der Waals surface area contributed by atoms with Gasteiger partial charge in [0, 0.05) is 41.3 Å². The first kappa shape index (κ1) is 23.6. The first-order valence-corrected chi connectivity index (χ1v) is 12.3. The Kier molecular flexibility index (Phi) is 7.26. The van der Waals surface area contributed by atoms with Gasteiger partial charge in [0.2, 0.25) is 0 Å². The number of nitrogens with one attached hydrogen (secondary N) is 3. The minimum Gasteiger partial charge on any atom is -0.349 e. The fourth-order valence-corrected chi connectivity index (χ4v) is 5.29. The Hall–Kier alpha value is -2.55. The van der Waals surface area contributed by atoms with Crippen LogP contribution in [0.5, 0.6) is 0 Å². The van der Waals surface area contributed by atoms with Crippen LogP contribution in [0.25, 0.3) is 0 Å². The summed E-state index contributed by atoms with van der Waals surface area (Å²) in [6.45, 7) is 4.38. The quantitative estimate of drug-likeness (QED) is 0.412. The molecule has 33 heavy (non-hydrogen) atoms. The summed E-state index contributed by atoms with van der Waals surface area (Å²) < 4.78 is 0. The predicted octanol–water partition coefficient (Wildman–Crippen LogP) is 3.42. The van der Waals surface area contributed by atoms with Gasteiger partial charge in [-0.15, -0.1) is 11.8 Å². The van der Waals surface area contributed by atoms with Gasteiger partial charge < -0.3 is 10.6 Å². The molecule has 2 aromatic rings. The highest BCUT2D eigenvalue weighted by atomic mass is 35.5. The second-order valence-corrected chi connectivity index (χ2v) is 10.1. The molecule has 2 aromatic carbocycles. The van der Waals surface area contributed by atoms with Crippen LogP contribution in [0.4, 0.5) is 4.79 Å². The number of halogens is 1. The molecule has 174 valence electrons. The average molecular weight is 487 g/mol. The molecular weight excluding hydrogens is 460 g/mol. The summed E-state index contributed by atoms with van der Waals surface area (Å²) in [5.74, 6) is -0.135. The second kappa shape index (κ2) is 10.2. The molecule has 0 unspecified atom stereocenters. The number of urea groups is 1. The lowest BCUT2D eigenvalue weighted by atomic mass is 10.0. The van der Waals surface area contributed by atoms with Crippen molar-refractivity contribution >= 4 is 41.2 Å². The average Bonchev–Trinajstić information content (AvgIpc) is 3.06. The number of carbonyl (C=O) groups is 3. The minimum atomic E-state index is -0.998. The van der Waals surface area contributed by atoms with Crippen LogP contribution in [0.15, 0.2) is 53.4 Å². The maximum atomic E-state index is 13.0. The maximum Gasteiger partial charge on any atom is 0.322 e. The molecule has 4 rings (SSSR count). The highest BCUT2D eigenvalue weighted by Gasteiger charge is 2.42. The summed E-state index contributed by atoms with van der Waals surface area (Å²) in [7, 11) is 0. The maximum absolute atomic E-state index is 13.0. The third kappa shape index (κ3) is 5.88. The van der Waals surface area contributed by atoms with Gasteiger partial charge in [0.05, 0.1) is 5.56 Å². The molecule has 0 aromatic heterocycles. The van der Waals surface area contributed by atoms with Gasteiger partial charge >= 0.3 is 6.03 Å². The van der Waals surface area contributed by atoms with Crippen molar-refractivity contribution in [2.75, 3.05) is 18.8 Å². The molecule has 7 nitrogen and oxygen atoms in total. The first-order chi connectivity index (χ1) is 15.8. The van der Waals surface area contributed by atoms with Crippen molar-refractivity contribution in [1.82, 2.24) is 20.9 Å². The van der Waals surface area contributed by atoms with Crippen LogP contribution in [0.3, 0.4) is 0 Å². The number of nitrogens with zero attached hydrogens (tertiary/aromatic N) is 1. The van der Waals surface area contributed by atoms with Crippen molar-refractivity contribution in [1.29, 1.82) is 0 Å². The number of amides is 4. The summed E-state index contributed by atoms with van der Waals surface area (Å²) in [6.07, 6.45) is 1.78. The van der Waals surface area contributed by atoms with E-state index in [2.05, 4.69) is 20.9 Å². The third-order valence-electron chi connectivity index (χ3n) is 6.01. The van der Waals surface area contributed by atoms with E-state index in [0.29, 0.717) is 11.3 Å². The van der Waals surface area contributed by atoms with Gasteiger partial charge in [0.15, 0.2) is 0 Å². The van der Waals surface area contributed by atoms with E-state index in [1.54, 1.807) is 13.0 Å². The Balaban J connectivity index is 1.30. The largest absolute Gasteiger partial charge is 0.349 e. The van der Waals surface area contributed by atoms with Gasteiger partial charge in [-0.3, -0.25) is 19.8 Å². The van der Waals surface area contributed by atoms with Crippen LogP contribution in [-0.4, -0.2) is 53.2 Å². The number of hydrogen-bond acceptors (Lipinski definition) is 5. The van der Waals surface area contributed by atoms with Crippen molar-refractivity contribution in [3.63, 3.8) is 0 Å². The van der Waals surface area contributed by atoms with Gasteiger partial charge in [-0.1, -0.05) is 35.9 Å². The van der Waals surface area contributed by atoms with Crippen molar-refractivity contribution < 1.29 is 14.4 Å². The smallest absolute Gasteiger partial charge is 0.322 e. The lowest BCUT2D eigenvalue weighted by molar-refractivity contribution is -0.122. The fraction of sp³-hybridized carbons (Fsp3) is 0.375. The highest BCUT2D eigenvalue weighted by molar-refractivity contribution is 7.99. The van der Waals surface area contributed by atoms with Gasteiger partial charge in [0.1, 0.15) is 5.54 Å². The Morgan fingerprint density at radius 3 is 2.52 bits per heavy atom. The zero-order valence-corrected chi connectivity index (χ0v) is 20.0. The standard InChI is InChI=1S/C24H27ClN4O3S/c1-24(22(31)27-23(32)28-24)15-33-20-5-3-2-4-19(20)21(30)26-18-10-12-29(13-11-18)14-16-6-8-17(25)9-7-16/h2-9,18H,10-15H2,1H3,(H,26,30)(H2,27,28,31,32)/t24-/m1/s1. The number of carbonyl (C=O) groups excluding carboxylic acids is 3. The number of imide groups is 1. The molecule has 2 saturated heterocycles. The number of thioether (sulfide) groups is 1. The van der Waals surface area contributed by atoms with Crippen LogP contribution < -0.4 is 16.0 Å². The van der Waals surface area contributed by atoms with E-state index < -0.39 is 11.6 Å². The van der Waals surface area contributed by atoms with Crippen molar-refractivity contribution in [3.8, 4) is 0 Å². The highest BCUT2D eigenvalue weighted by Crippen LogP contribution is 2.28.